The molecule has 0 atom stereocenters. The van der Waals surface area contributed by atoms with Gasteiger partial charge >= 0.3 is 0 Å². The van der Waals surface area contributed by atoms with Crippen LogP contribution in [0.15, 0.2) is 29.2 Å². The molecule has 0 aromatic heterocycles. The minimum absolute atomic E-state index is 0.362. The van der Waals surface area contributed by atoms with Gasteiger partial charge in [0, 0.05) is 25.7 Å². The monoisotopic (exact) mass is 323 g/mol. The van der Waals surface area contributed by atoms with Crippen molar-refractivity contribution >= 4 is 10.0 Å². The van der Waals surface area contributed by atoms with E-state index in [9.17, 15) is 8.42 Å². The van der Waals surface area contributed by atoms with Gasteiger partial charge in [-0.15, -0.1) is 0 Å². The van der Waals surface area contributed by atoms with E-state index in [0.717, 1.165) is 18.4 Å². The van der Waals surface area contributed by atoms with Crippen LogP contribution in [-0.2, 0) is 16.6 Å². The first-order chi connectivity index (χ1) is 10.6. The Bertz CT molecular complexity index is 604. The topological polar surface area (TPSA) is 66.6 Å². The van der Waals surface area contributed by atoms with Gasteiger partial charge < -0.3 is 10.6 Å². The number of sulfonamides is 1. The summed E-state index contributed by atoms with van der Waals surface area (Å²) in [6.07, 6.45) is 4.44. The summed E-state index contributed by atoms with van der Waals surface area (Å²) in [6, 6.07) is 7.55. The zero-order valence-corrected chi connectivity index (χ0v) is 13.8. The Hall–Kier alpha value is -0.950. The molecule has 2 N–H and O–H groups in total. The molecule has 6 heteroatoms. The molecular weight excluding hydrogens is 298 g/mol. The van der Waals surface area contributed by atoms with Gasteiger partial charge in [0.1, 0.15) is 0 Å². The van der Waals surface area contributed by atoms with Crippen molar-refractivity contribution in [1.29, 1.82) is 0 Å². The third-order valence-corrected chi connectivity index (χ3v) is 6.75. The molecule has 3 rings (SSSR count). The number of hydrogen-bond acceptors (Lipinski definition) is 4. The zero-order valence-electron chi connectivity index (χ0n) is 12.9. The molecule has 2 aliphatic heterocycles. The molecule has 0 saturated carbocycles. The molecule has 1 aromatic rings. The van der Waals surface area contributed by atoms with E-state index in [1.807, 2.05) is 6.07 Å². The quantitative estimate of drug-likeness (QED) is 0.909. The first-order valence-electron chi connectivity index (χ1n) is 8.14. The van der Waals surface area contributed by atoms with Gasteiger partial charge in [-0.05, 0) is 56.5 Å². The molecule has 1 aromatic carbocycles. The summed E-state index contributed by atoms with van der Waals surface area (Å²) in [4.78, 5) is 2.90. The number of piperidine rings is 1. The van der Waals surface area contributed by atoms with Gasteiger partial charge in [-0.2, -0.15) is 4.31 Å². The minimum Gasteiger partial charge on any atom is -0.326 e. The lowest BCUT2D eigenvalue weighted by atomic mass is 10.1. The summed E-state index contributed by atoms with van der Waals surface area (Å²) in [5.74, 6) is 0. The number of rotatable bonds is 4. The highest BCUT2D eigenvalue weighted by molar-refractivity contribution is 7.89. The average Bonchev–Trinajstić information content (AvgIpc) is 3.09. The van der Waals surface area contributed by atoms with E-state index < -0.39 is 10.0 Å². The van der Waals surface area contributed by atoms with E-state index >= 15 is 0 Å². The standard InChI is InChI=1S/C16H25N3O2S/c17-13-14-4-3-5-16(12-14)22(20,21)19-10-6-15(7-11-19)18-8-1-2-9-18/h3-5,12,15H,1-2,6-11,13,17H2. The fourth-order valence-corrected chi connectivity index (χ4v) is 5.08. The van der Waals surface area contributed by atoms with Crippen LogP contribution in [0.3, 0.4) is 0 Å². The van der Waals surface area contributed by atoms with Crippen molar-refractivity contribution in [2.45, 2.75) is 43.2 Å². The van der Waals surface area contributed by atoms with Gasteiger partial charge in [-0.1, -0.05) is 12.1 Å². The highest BCUT2D eigenvalue weighted by Gasteiger charge is 2.32. The average molecular weight is 323 g/mol. The molecule has 2 heterocycles. The van der Waals surface area contributed by atoms with Gasteiger partial charge in [0.2, 0.25) is 10.0 Å². The molecule has 122 valence electrons. The SMILES string of the molecule is NCc1cccc(S(=O)(=O)N2CCC(N3CCCC3)CC2)c1. The summed E-state index contributed by atoms with van der Waals surface area (Å²) < 4.78 is 27.1. The largest absolute Gasteiger partial charge is 0.326 e. The van der Waals surface area contributed by atoms with Crippen LogP contribution in [0.5, 0.6) is 0 Å². The van der Waals surface area contributed by atoms with Crippen molar-refractivity contribution in [3.63, 3.8) is 0 Å². The maximum atomic E-state index is 12.8. The van der Waals surface area contributed by atoms with Crippen LogP contribution in [-0.4, -0.2) is 49.8 Å². The lowest BCUT2D eigenvalue weighted by Gasteiger charge is -2.36. The van der Waals surface area contributed by atoms with Crippen molar-refractivity contribution in [1.82, 2.24) is 9.21 Å². The van der Waals surface area contributed by atoms with E-state index in [1.165, 1.54) is 25.9 Å². The van der Waals surface area contributed by atoms with Gasteiger partial charge in [-0.3, -0.25) is 0 Å². The number of nitrogens with zero attached hydrogens (tertiary/aromatic N) is 2. The summed E-state index contributed by atoms with van der Waals surface area (Å²) in [5, 5.41) is 0. The summed E-state index contributed by atoms with van der Waals surface area (Å²) in [5.41, 5.74) is 6.47. The Morgan fingerprint density at radius 2 is 1.77 bits per heavy atom. The third kappa shape index (κ3) is 3.20. The van der Waals surface area contributed by atoms with E-state index in [4.69, 9.17) is 5.73 Å². The normalized spacial score (nSPS) is 22.2. The Labute approximate surface area is 133 Å². The highest BCUT2D eigenvalue weighted by Crippen LogP contribution is 2.25. The molecular formula is C16H25N3O2S. The van der Waals surface area contributed by atoms with Crippen molar-refractivity contribution < 1.29 is 8.42 Å². The molecule has 0 aliphatic carbocycles. The predicted octanol–water partition coefficient (Wildman–Crippen LogP) is 1.39. The maximum absolute atomic E-state index is 12.8. The van der Waals surface area contributed by atoms with Crippen molar-refractivity contribution in [2.24, 2.45) is 5.73 Å². The van der Waals surface area contributed by atoms with Gasteiger partial charge in [0.15, 0.2) is 0 Å². The number of likely N-dealkylation sites (tertiary alicyclic amines) is 1. The zero-order chi connectivity index (χ0) is 15.6. The lowest BCUT2D eigenvalue weighted by Crippen LogP contribution is -2.45. The summed E-state index contributed by atoms with van der Waals surface area (Å²) in [7, 11) is -3.38. The molecule has 22 heavy (non-hydrogen) atoms. The molecule has 0 unspecified atom stereocenters. The predicted molar refractivity (Wildman–Crippen MR) is 86.9 cm³/mol. The molecule has 2 aliphatic rings. The fraction of sp³-hybridized carbons (Fsp3) is 0.625. The fourth-order valence-electron chi connectivity index (χ4n) is 3.54. The molecule has 2 fully saturated rings. The molecule has 5 nitrogen and oxygen atoms in total. The minimum atomic E-state index is -3.38. The van der Waals surface area contributed by atoms with Crippen LogP contribution in [0.25, 0.3) is 0 Å². The van der Waals surface area contributed by atoms with Gasteiger partial charge in [0.05, 0.1) is 4.90 Å². The Morgan fingerprint density at radius 3 is 2.41 bits per heavy atom. The van der Waals surface area contributed by atoms with Crippen LogP contribution in [0.4, 0.5) is 0 Å². The van der Waals surface area contributed by atoms with Gasteiger partial charge in [0.25, 0.3) is 0 Å². The first-order valence-corrected chi connectivity index (χ1v) is 9.58. The van der Waals surface area contributed by atoms with Gasteiger partial charge in [-0.25, -0.2) is 8.42 Å². The van der Waals surface area contributed by atoms with E-state index in [2.05, 4.69) is 4.90 Å². The van der Waals surface area contributed by atoms with Crippen LogP contribution in [0.2, 0.25) is 0 Å². The van der Waals surface area contributed by atoms with Crippen molar-refractivity contribution in [3.05, 3.63) is 29.8 Å². The summed E-state index contributed by atoms with van der Waals surface area (Å²) >= 11 is 0. The lowest BCUT2D eigenvalue weighted by molar-refractivity contribution is 0.168. The summed E-state index contributed by atoms with van der Waals surface area (Å²) in [6.45, 7) is 3.96. The van der Waals surface area contributed by atoms with E-state index in [0.29, 0.717) is 30.6 Å². The molecule has 0 spiro atoms. The maximum Gasteiger partial charge on any atom is 0.243 e. The van der Waals surface area contributed by atoms with E-state index in [-0.39, 0.29) is 0 Å². The smallest absolute Gasteiger partial charge is 0.243 e. The van der Waals surface area contributed by atoms with Crippen LogP contribution < -0.4 is 5.73 Å². The van der Waals surface area contributed by atoms with Crippen LogP contribution in [0.1, 0.15) is 31.2 Å². The number of benzene rings is 1. The second-order valence-corrected chi connectivity index (χ2v) is 8.17. The van der Waals surface area contributed by atoms with Crippen LogP contribution >= 0.6 is 0 Å². The Kier molecular flexibility index (Phi) is 4.82. The molecule has 0 bridgehead atoms. The highest BCUT2D eigenvalue weighted by atomic mass is 32.2. The van der Waals surface area contributed by atoms with Crippen molar-refractivity contribution in [3.8, 4) is 0 Å². The van der Waals surface area contributed by atoms with Crippen molar-refractivity contribution in [2.75, 3.05) is 26.2 Å². The first kappa shape index (κ1) is 15.9. The Morgan fingerprint density at radius 1 is 1.09 bits per heavy atom. The molecule has 2 saturated heterocycles. The van der Waals surface area contributed by atoms with E-state index in [1.54, 1.807) is 22.5 Å². The number of hydrogen-bond donors (Lipinski definition) is 1. The number of nitrogens with two attached hydrogens (primary N) is 1. The Balaban J connectivity index is 1.68. The second-order valence-electron chi connectivity index (χ2n) is 6.23. The third-order valence-electron chi connectivity index (χ3n) is 4.85. The van der Waals surface area contributed by atoms with Crippen LogP contribution in [0, 0.1) is 0 Å². The second kappa shape index (κ2) is 6.66. The molecule has 0 amide bonds. The molecule has 0 radical (unpaired) electrons.